The summed E-state index contributed by atoms with van der Waals surface area (Å²) in [6.07, 6.45) is 1.33. The van der Waals surface area contributed by atoms with Crippen molar-refractivity contribution in [3.8, 4) is 5.75 Å². The highest BCUT2D eigenvalue weighted by atomic mass is 32.2. The van der Waals surface area contributed by atoms with Crippen LogP contribution in [0.3, 0.4) is 0 Å². The lowest BCUT2D eigenvalue weighted by atomic mass is 9.90. The number of sulfonamides is 1. The molecule has 8 heteroatoms. The van der Waals surface area contributed by atoms with E-state index in [9.17, 15) is 17.6 Å². The van der Waals surface area contributed by atoms with Gasteiger partial charge >= 0.3 is 5.97 Å². The minimum atomic E-state index is -3.72. The molecule has 0 amide bonds. The highest BCUT2D eigenvalue weighted by Gasteiger charge is 2.31. The number of halogens is 1. The van der Waals surface area contributed by atoms with Crippen LogP contribution in [0.5, 0.6) is 5.75 Å². The second-order valence-corrected chi connectivity index (χ2v) is 8.78. The molecule has 0 aliphatic carbocycles. The molecule has 150 valence electrons. The standard InChI is InChI=1S/C20H22FNO5S/c1-27-18-10-14(11-20(23)24)9-16(12-18)15-3-2-8-22(13-15)28(25,26)19-6-4-17(21)5-7-19/h4-7,9-10,12,15H,2-3,8,11,13H2,1H3,(H,23,24). The van der Waals surface area contributed by atoms with E-state index >= 15 is 0 Å². The van der Waals surface area contributed by atoms with Crippen molar-refractivity contribution in [2.45, 2.75) is 30.1 Å². The molecule has 28 heavy (non-hydrogen) atoms. The second kappa shape index (κ2) is 8.28. The SMILES string of the molecule is COc1cc(CC(=O)O)cc(C2CCCN(S(=O)(=O)c3ccc(F)cc3)C2)c1. The van der Waals surface area contributed by atoms with Crippen LogP contribution in [0.4, 0.5) is 4.39 Å². The fourth-order valence-corrected chi connectivity index (χ4v) is 5.03. The summed E-state index contributed by atoms with van der Waals surface area (Å²) >= 11 is 0. The molecular weight excluding hydrogens is 385 g/mol. The molecule has 3 rings (SSSR count). The van der Waals surface area contributed by atoms with Gasteiger partial charge in [-0.25, -0.2) is 12.8 Å². The molecule has 2 aromatic carbocycles. The van der Waals surface area contributed by atoms with Gasteiger partial charge in [0.2, 0.25) is 10.0 Å². The average Bonchev–Trinajstić information content (AvgIpc) is 2.67. The van der Waals surface area contributed by atoms with Gasteiger partial charge in [0.05, 0.1) is 18.4 Å². The van der Waals surface area contributed by atoms with Crippen LogP contribution in [0.2, 0.25) is 0 Å². The first kappa shape index (κ1) is 20.3. The van der Waals surface area contributed by atoms with Gasteiger partial charge < -0.3 is 9.84 Å². The lowest BCUT2D eigenvalue weighted by Gasteiger charge is -2.32. The van der Waals surface area contributed by atoms with Gasteiger partial charge in [-0.3, -0.25) is 4.79 Å². The van der Waals surface area contributed by atoms with Crippen molar-refractivity contribution < 1.29 is 27.4 Å². The molecule has 1 N–H and O–H groups in total. The molecule has 1 aliphatic heterocycles. The van der Waals surface area contributed by atoms with E-state index < -0.39 is 21.8 Å². The molecule has 0 saturated carbocycles. The highest BCUT2D eigenvalue weighted by molar-refractivity contribution is 7.89. The Kier molecular flexibility index (Phi) is 6.00. The molecular formula is C20H22FNO5S. The van der Waals surface area contributed by atoms with Crippen molar-refractivity contribution in [2.24, 2.45) is 0 Å². The van der Waals surface area contributed by atoms with Crippen LogP contribution in [-0.2, 0) is 21.2 Å². The lowest BCUT2D eigenvalue weighted by Crippen LogP contribution is -2.39. The first-order valence-electron chi connectivity index (χ1n) is 8.95. The quantitative estimate of drug-likeness (QED) is 0.796. The van der Waals surface area contributed by atoms with Crippen LogP contribution in [0, 0.1) is 5.82 Å². The van der Waals surface area contributed by atoms with Crippen molar-refractivity contribution in [3.63, 3.8) is 0 Å². The van der Waals surface area contributed by atoms with Crippen molar-refractivity contribution in [1.29, 1.82) is 0 Å². The van der Waals surface area contributed by atoms with E-state index in [1.165, 1.54) is 23.5 Å². The zero-order valence-corrected chi connectivity index (χ0v) is 16.3. The van der Waals surface area contributed by atoms with Crippen LogP contribution in [0.25, 0.3) is 0 Å². The van der Waals surface area contributed by atoms with Crippen molar-refractivity contribution >= 4 is 16.0 Å². The number of hydrogen-bond acceptors (Lipinski definition) is 4. The Hall–Kier alpha value is -2.45. The molecule has 2 aromatic rings. The summed E-state index contributed by atoms with van der Waals surface area (Å²) < 4.78 is 45.7. The number of aliphatic carboxylic acids is 1. The number of carbonyl (C=O) groups is 1. The van der Waals surface area contributed by atoms with Crippen LogP contribution in [-0.4, -0.2) is 44.0 Å². The summed E-state index contributed by atoms with van der Waals surface area (Å²) in [4.78, 5) is 11.1. The van der Waals surface area contributed by atoms with Gasteiger partial charge in [0.1, 0.15) is 11.6 Å². The van der Waals surface area contributed by atoms with Crippen molar-refractivity contribution in [1.82, 2.24) is 4.31 Å². The number of ether oxygens (including phenoxy) is 1. The normalized spacial score (nSPS) is 18.0. The van der Waals surface area contributed by atoms with E-state index in [1.54, 1.807) is 12.1 Å². The Morgan fingerprint density at radius 1 is 1.25 bits per heavy atom. The molecule has 1 fully saturated rings. The molecule has 0 radical (unpaired) electrons. The van der Waals surface area contributed by atoms with Gasteiger partial charge in [-0.05, 0) is 66.3 Å². The number of carboxylic acid groups (broad SMARTS) is 1. The Bertz CT molecular complexity index is 959. The molecule has 1 unspecified atom stereocenters. The fraction of sp³-hybridized carbons (Fsp3) is 0.350. The third-order valence-electron chi connectivity index (χ3n) is 4.89. The molecule has 1 atom stereocenters. The summed E-state index contributed by atoms with van der Waals surface area (Å²) in [6.45, 7) is 0.668. The van der Waals surface area contributed by atoms with Crippen LogP contribution in [0.1, 0.15) is 29.9 Å². The Morgan fingerprint density at radius 3 is 2.61 bits per heavy atom. The smallest absolute Gasteiger partial charge is 0.307 e. The van der Waals surface area contributed by atoms with Gasteiger partial charge in [-0.15, -0.1) is 0 Å². The van der Waals surface area contributed by atoms with E-state index in [2.05, 4.69) is 0 Å². The third-order valence-corrected chi connectivity index (χ3v) is 6.77. The summed E-state index contributed by atoms with van der Waals surface area (Å²) in [7, 11) is -2.21. The predicted octanol–water partition coefficient (Wildman–Crippen LogP) is 3.03. The monoisotopic (exact) mass is 407 g/mol. The number of piperidine rings is 1. The molecule has 1 saturated heterocycles. The first-order valence-corrected chi connectivity index (χ1v) is 10.4. The number of rotatable bonds is 6. The van der Waals surface area contributed by atoms with Crippen LogP contribution < -0.4 is 4.74 Å². The van der Waals surface area contributed by atoms with Crippen molar-refractivity contribution in [2.75, 3.05) is 20.2 Å². The first-order chi connectivity index (χ1) is 13.3. The molecule has 0 aromatic heterocycles. The highest BCUT2D eigenvalue weighted by Crippen LogP contribution is 2.33. The maximum absolute atomic E-state index is 13.1. The van der Waals surface area contributed by atoms with Crippen LogP contribution >= 0.6 is 0 Å². The van der Waals surface area contributed by atoms with Gasteiger partial charge in [0.25, 0.3) is 0 Å². The maximum atomic E-state index is 13.1. The van der Waals surface area contributed by atoms with E-state index in [0.717, 1.165) is 24.1 Å². The van der Waals surface area contributed by atoms with E-state index in [-0.39, 0.29) is 23.8 Å². The zero-order chi connectivity index (χ0) is 20.3. The zero-order valence-electron chi connectivity index (χ0n) is 15.5. The van der Waals surface area contributed by atoms with Gasteiger partial charge in [0.15, 0.2) is 0 Å². The number of methoxy groups -OCH3 is 1. The predicted molar refractivity (Wildman–Crippen MR) is 101 cm³/mol. The van der Waals surface area contributed by atoms with Crippen LogP contribution in [0.15, 0.2) is 47.4 Å². The number of nitrogens with zero attached hydrogens (tertiary/aromatic N) is 1. The summed E-state index contributed by atoms with van der Waals surface area (Å²) in [5.74, 6) is -0.958. The van der Waals surface area contributed by atoms with Gasteiger partial charge in [0, 0.05) is 13.1 Å². The van der Waals surface area contributed by atoms with E-state index in [4.69, 9.17) is 9.84 Å². The summed E-state index contributed by atoms with van der Waals surface area (Å²) in [5.41, 5.74) is 1.47. The van der Waals surface area contributed by atoms with Crippen molar-refractivity contribution in [3.05, 3.63) is 59.4 Å². The molecule has 0 bridgehead atoms. The third kappa shape index (κ3) is 4.51. The Morgan fingerprint density at radius 2 is 1.96 bits per heavy atom. The number of carboxylic acids is 1. The van der Waals surface area contributed by atoms with Gasteiger partial charge in [-0.1, -0.05) is 6.07 Å². The second-order valence-electron chi connectivity index (χ2n) is 6.84. The minimum absolute atomic E-state index is 0.0618. The lowest BCUT2D eigenvalue weighted by molar-refractivity contribution is -0.136. The van der Waals surface area contributed by atoms with E-state index in [0.29, 0.717) is 24.3 Å². The minimum Gasteiger partial charge on any atom is -0.497 e. The molecule has 1 aliphatic rings. The fourth-order valence-electron chi connectivity index (χ4n) is 3.50. The Balaban J connectivity index is 1.87. The largest absolute Gasteiger partial charge is 0.497 e. The van der Waals surface area contributed by atoms with Gasteiger partial charge in [-0.2, -0.15) is 4.31 Å². The average molecular weight is 407 g/mol. The summed E-state index contributed by atoms with van der Waals surface area (Å²) in [5, 5.41) is 9.07. The Labute approximate surface area is 163 Å². The number of benzene rings is 2. The molecule has 0 spiro atoms. The summed E-state index contributed by atoms with van der Waals surface area (Å²) in [6, 6.07) is 10.1. The topological polar surface area (TPSA) is 83.9 Å². The number of hydrogen-bond donors (Lipinski definition) is 1. The maximum Gasteiger partial charge on any atom is 0.307 e. The molecule has 6 nitrogen and oxygen atoms in total. The molecule has 1 heterocycles. The van der Waals surface area contributed by atoms with E-state index in [1.807, 2.05) is 6.07 Å².